The molecule has 35 heavy (non-hydrogen) atoms. The zero-order chi connectivity index (χ0) is 24.8. The molecule has 1 aliphatic heterocycles. The quantitative estimate of drug-likeness (QED) is 0.472. The maximum Gasteiger partial charge on any atom is 0.123 e. The van der Waals surface area contributed by atoms with E-state index in [0.29, 0.717) is 34.3 Å². The van der Waals surface area contributed by atoms with Gasteiger partial charge >= 0.3 is 0 Å². The van der Waals surface area contributed by atoms with Crippen molar-refractivity contribution in [2.45, 2.75) is 78.6 Å². The van der Waals surface area contributed by atoms with Gasteiger partial charge in [0.25, 0.3) is 0 Å². The lowest BCUT2D eigenvalue weighted by Crippen LogP contribution is -2.39. The summed E-state index contributed by atoms with van der Waals surface area (Å²) in [5.74, 6) is 2.33. The molecular weight excluding hydrogens is 430 g/mol. The lowest BCUT2D eigenvalue weighted by atomic mass is 9.55. The molecule has 1 saturated carbocycles. The lowest BCUT2D eigenvalue weighted by molar-refractivity contribution is -0.111. The minimum atomic E-state index is 0.227. The molecule has 1 heterocycles. The molecule has 3 aliphatic rings. The van der Waals surface area contributed by atoms with Crippen molar-refractivity contribution < 1.29 is 9.90 Å². The smallest absolute Gasteiger partial charge is 0.123 e. The molecule has 0 radical (unpaired) electrons. The minimum absolute atomic E-state index is 0.227. The minimum Gasteiger partial charge on any atom is -0.508 e. The molecule has 3 heteroatoms. The molecule has 2 aromatic rings. The van der Waals surface area contributed by atoms with Gasteiger partial charge in [-0.05, 0) is 109 Å². The van der Waals surface area contributed by atoms with E-state index in [-0.39, 0.29) is 5.92 Å². The van der Waals surface area contributed by atoms with E-state index in [1.165, 1.54) is 48.1 Å². The Bertz CT molecular complexity index is 1030. The number of aldehydes is 1. The van der Waals surface area contributed by atoms with E-state index in [4.69, 9.17) is 0 Å². The Kier molecular flexibility index (Phi) is 6.48. The van der Waals surface area contributed by atoms with Crippen molar-refractivity contribution in [3.05, 3.63) is 59.2 Å². The summed E-state index contributed by atoms with van der Waals surface area (Å²) in [6.07, 6.45) is 9.20. The first-order valence-electron chi connectivity index (χ1n) is 13.8. The second-order valence-corrected chi connectivity index (χ2v) is 13.3. The van der Waals surface area contributed by atoms with E-state index in [0.717, 1.165) is 38.6 Å². The number of piperidine rings is 1. The molecule has 0 amide bonds. The van der Waals surface area contributed by atoms with Crippen LogP contribution in [0.5, 0.6) is 5.75 Å². The number of carbonyl (C=O) groups is 1. The number of aromatic hydroxyl groups is 1. The highest BCUT2D eigenvalue weighted by molar-refractivity contribution is 5.56. The largest absolute Gasteiger partial charge is 0.508 e. The van der Waals surface area contributed by atoms with Crippen molar-refractivity contribution >= 4 is 12.0 Å². The summed E-state index contributed by atoms with van der Waals surface area (Å²) in [5.41, 5.74) is 6.18. The molecule has 188 valence electrons. The molecule has 0 bridgehead atoms. The van der Waals surface area contributed by atoms with Crippen molar-refractivity contribution in [1.82, 2.24) is 0 Å². The van der Waals surface area contributed by atoms with Crippen LogP contribution in [0, 0.1) is 28.6 Å². The second-order valence-electron chi connectivity index (χ2n) is 13.3. The maximum atomic E-state index is 11.2. The van der Waals surface area contributed by atoms with E-state index in [1.807, 2.05) is 12.1 Å². The van der Waals surface area contributed by atoms with E-state index < -0.39 is 0 Å². The van der Waals surface area contributed by atoms with Gasteiger partial charge in [-0.25, -0.2) is 0 Å². The molecule has 0 aromatic heterocycles. The third-order valence-corrected chi connectivity index (χ3v) is 9.18. The van der Waals surface area contributed by atoms with Crippen molar-refractivity contribution in [2.24, 2.45) is 28.6 Å². The Hall–Kier alpha value is -2.29. The first-order valence-corrected chi connectivity index (χ1v) is 13.8. The van der Waals surface area contributed by atoms with Gasteiger partial charge in [-0.3, -0.25) is 0 Å². The number of hydrogen-bond donors (Lipinski definition) is 1. The molecule has 1 saturated heterocycles. The standard InChI is InChI=1S/C32H43NO2/c1-31(2)18-25(19-32(3,4)21-31)29-11-7-24-17-27(35)10-12-28(24)30(29)23-5-8-26(9-6-23)33-15-13-22(20-34)14-16-33/h5-6,8-10,12,17,20,22,25,29-30,35H,7,11,13-16,18-19,21H2,1-4H3/t29-,30-/m1/s1. The van der Waals surface area contributed by atoms with Crippen LogP contribution in [-0.4, -0.2) is 24.5 Å². The SMILES string of the molecule is CC1(C)CC([C@H]2CCc3cc(O)ccc3[C@H]2c2ccc(N3CCC(C=O)CC3)cc2)CC(C)(C)C1. The number of hydrogen-bond acceptors (Lipinski definition) is 3. The number of phenolic OH excluding ortho intramolecular Hbond substituents is 1. The van der Waals surface area contributed by atoms with E-state index in [2.05, 4.69) is 62.9 Å². The molecule has 2 aliphatic carbocycles. The van der Waals surface area contributed by atoms with Crippen molar-refractivity contribution in [3.63, 3.8) is 0 Å². The Morgan fingerprint density at radius 2 is 1.57 bits per heavy atom. The highest BCUT2D eigenvalue weighted by Gasteiger charge is 2.44. The van der Waals surface area contributed by atoms with Crippen LogP contribution in [0.4, 0.5) is 5.69 Å². The highest BCUT2D eigenvalue weighted by Crippen LogP contribution is 2.55. The Labute approximate surface area is 211 Å². The Morgan fingerprint density at radius 3 is 2.20 bits per heavy atom. The summed E-state index contributed by atoms with van der Waals surface area (Å²) >= 11 is 0. The number of anilines is 1. The molecule has 0 spiro atoms. The van der Waals surface area contributed by atoms with E-state index in [1.54, 1.807) is 0 Å². The fourth-order valence-corrected chi connectivity index (χ4v) is 8.19. The molecule has 2 aromatic carbocycles. The van der Waals surface area contributed by atoms with Gasteiger partial charge in [0.1, 0.15) is 12.0 Å². The van der Waals surface area contributed by atoms with Crippen LogP contribution in [0.25, 0.3) is 0 Å². The summed E-state index contributed by atoms with van der Waals surface area (Å²) in [7, 11) is 0. The van der Waals surface area contributed by atoms with Gasteiger partial charge in [0.2, 0.25) is 0 Å². The summed E-state index contributed by atoms with van der Waals surface area (Å²) in [6.45, 7) is 11.8. The second kappa shape index (κ2) is 9.30. The van der Waals surface area contributed by atoms with Crippen LogP contribution >= 0.6 is 0 Å². The van der Waals surface area contributed by atoms with Gasteiger partial charge in [0.05, 0.1) is 0 Å². The predicted octanol–water partition coefficient (Wildman–Crippen LogP) is 7.35. The molecule has 0 unspecified atom stereocenters. The molecule has 5 rings (SSSR count). The van der Waals surface area contributed by atoms with Gasteiger partial charge < -0.3 is 14.8 Å². The normalized spacial score (nSPS) is 26.8. The molecule has 3 nitrogen and oxygen atoms in total. The van der Waals surface area contributed by atoms with Crippen molar-refractivity contribution in [1.29, 1.82) is 0 Å². The number of benzene rings is 2. The van der Waals surface area contributed by atoms with Crippen molar-refractivity contribution in [3.8, 4) is 5.75 Å². The zero-order valence-corrected chi connectivity index (χ0v) is 22.1. The van der Waals surface area contributed by atoms with Crippen LogP contribution in [-0.2, 0) is 11.2 Å². The van der Waals surface area contributed by atoms with Crippen LogP contribution < -0.4 is 4.90 Å². The average Bonchev–Trinajstić information content (AvgIpc) is 2.81. The van der Waals surface area contributed by atoms with Gasteiger partial charge in [-0.15, -0.1) is 0 Å². The van der Waals surface area contributed by atoms with Gasteiger partial charge in [-0.1, -0.05) is 45.9 Å². The Morgan fingerprint density at radius 1 is 0.914 bits per heavy atom. The van der Waals surface area contributed by atoms with Crippen LogP contribution in [0.1, 0.15) is 88.8 Å². The summed E-state index contributed by atoms with van der Waals surface area (Å²) in [6, 6.07) is 15.4. The number of carbonyl (C=O) groups excluding carboxylic acids is 1. The summed E-state index contributed by atoms with van der Waals surface area (Å²) in [5, 5.41) is 10.2. The summed E-state index contributed by atoms with van der Waals surface area (Å²) in [4.78, 5) is 13.6. The number of nitrogens with zero attached hydrogens (tertiary/aromatic N) is 1. The fraction of sp³-hybridized carbons (Fsp3) is 0.594. The van der Waals surface area contributed by atoms with E-state index >= 15 is 0 Å². The molecule has 2 fully saturated rings. The first kappa shape index (κ1) is 24.4. The number of rotatable bonds is 4. The van der Waals surface area contributed by atoms with Crippen molar-refractivity contribution in [2.75, 3.05) is 18.0 Å². The monoisotopic (exact) mass is 473 g/mol. The topological polar surface area (TPSA) is 40.5 Å². The summed E-state index contributed by atoms with van der Waals surface area (Å²) < 4.78 is 0. The first-order chi connectivity index (χ1) is 16.6. The van der Waals surface area contributed by atoms with Gasteiger partial charge in [0.15, 0.2) is 0 Å². The number of fused-ring (bicyclic) bond motifs is 1. The maximum absolute atomic E-state index is 11.2. The van der Waals surface area contributed by atoms with E-state index in [9.17, 15) is 9.90 Å². The average molecular weight is 474 g/mol. The molecule has 1 N–H and O–H groups in total. The van der Waals surface area contributed by atoms with Crippen LogP contribution in [0.15, 0.2) is 42.5 Å². The molecule has 2 atom stereocenters. The number of phenols is 1. The lowest BCUT2D eigenvalue weighted by Gasteiger charge is -2.50. The van der Waals surface area contributed by atoms with Gasteiger partial charge in [-0.2, -0.15) is 0 Å². The third kappa shape index (κ3) is 5.15. The van der Waals surface area contributed by atoms with Gasteiger partial charge in [0, 0.05) is 30.6 Å². The fourth-order valence-electron chi connectivity index (χ4n) is 8.19. The highest BCUT2D eigenvalue weighted by atomic mass is 16.3. The number of aryl methyl sites for hydroxylation is 1. The predicted molar refractivity (Wildman–Crippen MR) is 144 cm³/mol. The van der Waals surface area contributed by atoms with Crippen LogP contribution in [0.3, 0.4) is 0 Å². The van der Waals surface area contributed by atoms with Crippen LogP contribution in [0.2, 0.25) is 0 Å². The Balaban J connectivity index is 1.46. The molecular formula is C32H43NO2. The zero-order valence-electron chi connectivity index (χ0n) is 22.1. The third-order valence-electron chi connectivity index (χ3n) is 9.18.